The third kappa shape index (κ3) is 2.89. The molecule has 0 aliphatic rings. The number of nitrogens with zero attached hydrogens (tertiary/aromatic N) is 1. The van der Waals surface area contributed by atoms with E-state index in [1.54, 1.807) is 11.3 Å². The monoisotopic (exact) mass is 360 g/mol. The summed E-state index contributed by atoms with van der Waals surface area (Å²) < 4.78 is 1.20. The second-order valence-electron chi connectivity index (χ2n) is 5.05. The number of hydrogen-bond donors (Lipinski definition) is 1. The van der Waals surface area contributed by atoms with Gasteiger partial charge in [-0.1, -0.05) is 31.2 Å². The molecular formula is C17H17BrN2S. The van der Waals surface area contributed by atoms with Gasteiger partial charge < -0.3 is 5.32 Å². The maximum absolute atomic E-state index is 4.42. The number of rotatable bonds is 4. The minimum absolute atomic E-state index is 0.184. The fraction of sp³-hybridized carbons (Fsp3) is 0.235. The molecule has 0 amide bonds. The van der Waals surface area contributed by atoms with E-state index in [0.29, 0.717) is 0 Å². The standard InChI is InChI=1S/C17H17BrN2S/c1-3-20-16(15-8-11(2)17(18)21-15)14-10-19-9-12-6-4-5-7-13(12)14/h4-10,16,20H,3H2,1-2H3. The van der Waals surface area contributed by atoms with E-state index in [4.69, 9.17) is 0 Å². The summed E-state index contributed by atoms with van der Waals surface area (Å²) in [5, 5.41) is 6.05. The quantitative estimate of drug-likeness (QED) is 0.702. The number of aryl methyl sites for hydroxylation is 1. The highest BCUT2D eigenvalue weighted by molar-refractivity contribution is 9.11. The van der Waals surface area contributed by atoms with Crippen molar-refractivity contribution in [1.29, 1.82) is 0 Å². The van der Waals surface area contributed by atoms with Crippen LogP contribution < -0.4 is 5.32 Å². The number of hydrogen-bond acceptors (Lipinski definition) is 3. The predicted octanol–water partition coefficient (Wildman–Crippen LogP) is 5.07. The third-order valence-corrected chi connectivity index (χ3v) is 5.78. The molecule has 0 aliphatic heterocycles. The van der Waals surface area contributed by atoms with Crippen LogP contribution in [0.15, 0.2) is 46.5 Å². The molecule has 2 nitrogen and oxygen atoms in total. The van der Waals surface area contributed by atoms with Crippen molar-refractivity contribution in [2.75, 3.05) is 6.54 Å². The second-order valence-corrected chi connectivity index (χ2v) is 7.45. The Labute approximate surface area is 137 Å². The Kier molecular flexibility index (Phi) is 4.38. The van der Waals surface area contributed by atoms with Crippen LogP contribution in [-0.2, 0) is 0 Å². The summed E-state index contributed by atoms with van der Waals surface area (Å²) >= 11 is 5.43. The van der Waals surface area contributed by atoms with Crippen molar-refractivity contribution in [2.45, 2.75) is 19.9 Å². The molecule has 0 spiro atoms. The van der Waals surface area contributed by atoms with Gasteiger partial charge in [0.1, 0.15) is 0 Å². The molecule has 4 heteroatoms. The number of thiophene rings is 1. The zero-order chi connectivity index (χ0) is 14.8. The molecule has 0 saturated carbocycles. The van der Waals surface area contributed by atoms with E-state index in [1.165, 1.54) is 30.6 Å². The van der Waals surface area contributed by atoms with Gasteiger partial charge in [0.15, 0.2) is 0 Å². The van der Waals surface area contributed by atoms with Gasteiger partial charge in [-0.3, -0.25) is 4.98 Å². The number of benzene rings is 1. The molecule has 3 rings (SSSR count). The van der Waals surface area contributed by atoms with Crippen molar-refractivity contribution in [3.8, 4) is 0 Å². The zero-order valence-corrected chi connectivity index (χ0v) is 14.5. The molecule has 0 saturated heterocycles. The normalized spacial score (nSPS) is 12.7. The van der Waals surface area contributed by atoms with E-state index in [9.17, 15) is 0 Å². The highest BCUT2D eigenvalue weighted by Gasteiger charge is 2.19. The number of halogens is 1. The Morgan fingerprint density at radius 3 is 2.81 bits per heavy atom. The molecule has 108 valence electrons. The predicted molar refractivity (Wildman–Crippen MR) is 94.0 cm³/mol. The first-order valence-corrected chi connectivity index (χ1v) is 8.63. The van der Waals surface area contributed by atoms with E-state index in [2.05, 4.69) is 70.4 Å². The van der Waals surface area contributed by atoms with Crippen molar-refractivity contribution < 1.29 is 0 Å². The summed E-state index contributed by atoms with van der Waals surface area (Å²) in [6.45, 7) is 5.19. The van der Waals surface area contributed by atoms with Crippen LogP contribution in [0.25, 0.3) is 10.8 Å². The number of nitrogens with one attached hydrogen (secondary N) is 1. The largest absolute Gasteiger partial charge is 0.306 e. The van der Waals surface area contributed by atoms with Gasteiger partial charge in [-0.05, 0) is 46.4 Å². The van der Waals surface area contributed by atoms with Gasteiger partial charge in [-0.25, -0.2) is 0 Å². The first-order valence-electron chi connectivity index (χ1n) is 7.02. The lowest BCUT2D eigenvalue weighted by Crippen LogP contribution is -2.21. The molecule has 2 heterocycles. The summed E-state index contributed by atoms with van der Waals surface area (Å²) in [5.74, 6) is 0. The highest BCUT2D eigenvalue weighted by Crippen LogP contribution is 2.36. The summed E-state index contributed by atoms with van der Waals surface area (Å²) in [6, 6.07) is 10.9. The van der Waals surface area contributed by atoms with Gasteiger partial charge in [0.05, 0.1) is 9.83 Å². The lowest BCUT2D eigenvalue weighted by Gasteiger charge is -2.18. The summed E-state index contributed by atoms with van der Waals surface area (Å²) in [5.41, 5.74) is 2.52. The molecule has 0 aliphatic carbocycles. The van der Waals surface area contributed by atoms with Crippen molar-refractivity contribution in [3.63, 3.8) is 0 Å². The fourth-order valence-electron chi connectivity index (χ4n) is 2.56. The van der Waals surface area contributed by atoms with Crippen LogP contribution in [-0.4, -0.2) is 11.5 Å². The second kappa shape index (κ2) is 6.26. The smallest absolute Gasteiger partial charge is 0.0731 e. The lowest BCUT2D eigenvalue weighted by atomic mass is 10.00. The number of pyridine rings is 1. The van der Waals surface area contributed by atoms with Gasteiger partial charge in [-0.2, -0.15) is 0 Å². The Balaban J connectivity index is 2.15. The molecule has 1 atom stereocenters. The number of fused-ring (bicyclic) bond motifs is 1. The molecule has 0 radical (unpaired) electrons. The minimum Gasteiger partial charge on any atom is -0.306 e. The van der Waals surface area contributed by atoms with Crippen LogP contribution >= 0.6 is 27.3 Å². The molecular weight excluding hydrogens is 344 g/mol. The molecule has 0 fully saturated rings. The van der Waals surface area contributed by atoms with Gasteiger partial charge in [0, 0.05) is 28.2 Å². The van der Waals surface area contributed by atoms with Crippen molar-refractivity contribution in [1.82, 2.24) is 10.3 Å². The van der Waals surface area contributed by atoms with Crippen LogP contribution in [0.1, 0.15) is 29.0 Å². The number of aromatic nitrogens is 1. The fourth-order valence-corrected chi connectivity index (χ4v) is 4.23. The van der Waals surface area contributed by atoms with Crippen molar-refractivity contribution in [2.24, 2.45) is 0 Å². The maximum Gasteiger partial charge on any atom is 0.0731 e. The van der Waals surface area contributed by atoms with Crippen LogP contribution in [0.5, 0.6) is 0 Å². The molecule has 1 N–H and O–H groups in total. The molecule has 1 unspecified atom stereocenters. The van der Waals surface area contributed by atoms with Gasteiger partial charge in [-0.15, -0.1) is 11.3 Å². The molecule has 1 aromatic carbocycles. The molecule has 0 bridgehead atoms. The topological polar surface area (TPSA) is 24.9 Å². The van der Waals surface area contributed by atoms with E-state index in [0.717, 1.165) is 6.54 Å². The van der Waals surface area contributed by atoms with E-state index in [1.807, 2.05) is 12.4 Å². The summed E-state index contributed by atoms with van der Waals surface area (Å²) in [6.07, 6.45) is 3.91. The summed E-state index contributed by atoms with van der Waals surface area (Å²) in [4.78, 5) is 5.74. The van der Waals surface area contributed by atoms with Crippen LogP contribution in [0.4, 0.5) is 0 Å². The first kappa shape index (κ1) is 14.7. The zero-order valence-electron chi connectivity index (χ0n) is 12.1. The Hall–Kier alpha value is -1.23. The molecule has 3 aromatic rings. The van der Waals surface area contributed by atoms with Gasteiger partial charge in [0.25, 0.3) is 0 Å². The Bertz CT molecular complexity index is 742. The molecule has 2 aromatic heterocycles. The minimum atomic E-state index is 0.184. The van der Waals surface area contributed by atoms with E-state index < -0.39 is 0 Å². The van der Waals surface area contributed by atoms with E-state index in [-0.39, 0.29) is 6.04 Å². The van der Waals surface area contributed by atoms with Gasteiger partial charge >= 0.3 is 0 Å². The average Bonchev–Trinajstić information content (AvgIpc) is 2.84. The SMILES string of the molecule is CCNC(c1cc(C)c(Br)s1)c1cncc2ccccc12. The Morgan fingerprint density at radius 2 is 2.10 bits per heavy atom. The van der Waals surface area contributed by atoms with Crippen LogP contribution in [0, 0.1) is 6.92 Å². The third-order valence-electron chi connectivity index (χ3n) is 3.58. The average molecular weight is 361 g/mol. The Morgan fingerprint density at radius 1 is 1.29 bits per heavy atom. The lowest BCUT2D eigenvalue weighted by molar-refractivity contribution is 0.641. The maximum atomic E-state index is 4.42. The van der Waals surface area contributed by atoms with Crippen molar-refractivity contribution >= 4 is 38.0 Å². The first-order chi connectivity index (χ1) is 10.2. The van der Waals surface area contributed by atoms with Crippen LogP contribution in [0.2, 0.25) is 0 Å². The summed E-state index contributed by atoms with van der Waals surface area (Å²) in [7, 11) is 0. The molecule has 21 heavy (non-hydrogen) atoms. The van der Waals surface area contributed by atoms with E-state index >= 15 is 0 Å². The van der Waals surface area contributed by atoms with Crippen LogP contribution in [0.3, 0.4) is 0 Å². The highest BCUT2D eigenvalue weighted by atomic mass is 79.9. The van der Waals surface area contributed by atoms with Crippen molar-refractivity contribution in [3.05, 3.63) is 62.5 Å². The van der Waals surface area contributed by atoms with Gasteiger partial charge in [0.2, 0.25) is 0 Å².